The zero-order valence-corrected chi connectivity index (χ0v) is 19.2. The number of amides is 4. The van der Waals surface area contributed by atoms with Crippen LogP contribution in [-0.4, -0.2) is 48.1 Å². The molecule has 0 spiro atoms. The lowest BCUT2D eigenvalue weighted by Gasteiger charge is -2.13. The molecule has 3 rings (SSSR count). The first-order valence-electron chi connectivity index (χ1n) is 9.89. The Bertz CT molecular complexity index is 1160. The number of carbonyl (C=O) groups excluding carboxylic acids is 4. The van der Waals surface area contributed by atoms with Crippen molar-refractivity contribution in [2.75, 3.05) is 25.6 Å². The van der Waals surface area contributed by atoms with Gasteiger partial charge in [-0.15, -0.1) is 0 Å². The van der Waals surface area contributed by atoms with Crippen LogP contribution < -0.4 is 20.5 Å². The van der Waals surface area contributed by atoms with E-state index in [9.17, 15) is 19.2 Å². The van der Waals surface area contributed by atoms with E-state index in [-0.39, 0.29) is 17.4 Å². The molecule has 1 aliphatic heterocycles. The number of hydrogen-bond acceptors (Lipinski definition) is 7. The Morgan fingerprint density at radius 2 is 1.88 bits per heavy atom. The van der Waals surface area contributed by atoms with Crippen molar-refractivity contribution < 1.29 is 28.7 Å². The molecule has 1 aliphatic rings. The maximum absolute atomic E-state index is 12.4. The maximum Gasteiger partial charge on any atom is 0.294 e. The minimum Gasteiger partial charge on any atom is -0.493 e. The number of imide groups is 1. The van der Waals surface area contributed by atoms with Crippen molar-refractivity contribution in [2.45, 2.75) is 13.8 Å². The zero-order valence-electron chi connectivity index (χ0n) is 18.3. The Hall–Kier alpha value is -3.79. The van der Waals surface area contributed by atoms with E-state index in [2.05, 4.69) is 5.32 Å². The molecule has 1 fully saturated rings. The van der Waals surface area contributed by atoms with Crippen molar-refractivity contribution in [2.24, 2.45) is 5.73 Å². The molecule has 0 aliphatic carbocycles. The van der Waals surface area contributed by atoms with Gasteiger partial charge in [-0.3, -0.25) is 24.1 Å². The van der Waals surface area contributed by atoms with E-state index in [1.54, 1.807) is 18.2 Å². The van der Waals surface area contributed by atoms with Crippen LogP contribution in [0.2, 0.25) is 0 Å². The van der Waals surface area contributed by atoms with Crippen LogP contribution in [0.15, 0.2) is 41.3 Å². The van der Waals surface area contributed by atoms with Crippen molar-refractivity contribution in [3.05, 3.63) is 58.0 Å². The Kier molecular flexibility index (Phi) is 7.39. The van der Waals surface area contributed by atoms with Crippen LogP contribution >= 0.6 is 11.8 Å². The second-order valence-electron chi connectivity index (χ2n) is 7.30. The fraction of sp³-hybridized carbons (Fsp3) is 0.217. The molecule has 3 N–H and O–H groups in total. The van der Waals surface area contributed by atoms with E-state index in [1.807, 2.05) is 32.0 Å². The molecule has 172 valence electrons. The topological polar surface area (TPSA) is 128 Å². The average Bonchev–Trinajstić information content (AvgIpc) is 3.02. The van der Waals surface area contributed by atoms with Gasteiger partial charge in [-0.2, -0.15) is 0 Å². The summed E-state index contributed by atoms with van der Waals surface area (Å²) < 4.78 is 11.0. The van der Waals surface area contributed by atoms with Crippen molar-refractivity contribution in [1.29, 1.82) is 0 Å². The number of primary amides is 1. The Balaban J connectivity index is 1.68. The number of nitrogens with zero attached hydrogens (tertiary/aromatic N) is 1. The maximum atomic E-state index is 12.4. The summed E-state index contributed by atoms with van der Waals surface area (Å²) in [5.41, 5.74) is 8.34. The van der Waals surface area contributed by atoms with E-state index in [1.165, 1.54) is 13.2 Å². The van der Waals surface area contributed by atoms with E-state index >= 15 is 0 Å². The van der Waals surface area contributed by atoms with E-state index in [0.29, 0.717) is 17.1 Å². The standard InChI is InChI=1S/C23H23N3O6S/c1-13-4-5-14(2)16(8-13)25-21(28)12-32-17-7-6-15(9-18(17)31-3)10-19-22(29)26(11-20(24)27)23(30)33-19/h4-10H,11-12H2,1-3H3,(H2,24,27)(H,25,28)/b19-10-. The van der Waals surface area contributed by atoms with E-state index < -0.39 is 23.6 Å². The smallest absolute Gasteiger partial charge is 0.294 e. The minimum atomic E-state index is -0.775. The van der Waals surface area contributed by atoms with Gasteiger partial charge >= 0.3 is 0 Å². The van der Waals surface area contributed by atoms with Gasteiger partial charge in [0.1, 0.15) is 6.54 Å². The second kappa shape index (κ2) is 10.2. The SMILES string of the molecule is COc1cc(/C=C2\SC(=O)N(CC(N)=O)C2=O)ccc1OCC(=O)Nc1cc(C)ccc1C. The number of aryl methyl sites for hydroxylation is 2. The average molecular weight is 470 g/mol. The number of methoxy groups -OCH3 is 1. The van der Waals surface area contributed by atoms with E-state index in [4.69, 9.17) is 15.2 Å². The number of thioether (sulfide) groups is 1. The molecular formula is C23H23N3O6S. The molecule has 0 bridgehead atoms. The zero-order chi connectivity index (χ0) is 24.1. The highest BCUT2D eigenvalue weighted by Crippen LogP contribution is 2.34. The summed E-state index contributed by atoms with van der Waals surface area (Å²) in [6, 6.07) is 10.6. The van der Waals surface area contributed by atoms with Crippen LogP contribution in [0.1, 0.15) is 16.7 Å². The molecule has 33 heavy (non-hydrogen) atoms. The van der Waals surface area contributed by atoms with Crippen molar-refractivity contribution in [1.82, 2.24) is 4.90 Å². The molecule has 10 heteroatoms. The summed E-state index contributed by atoms with van der Waals surface area (Å²) in [5, 5.41) is 2.26. The summed E-state index contributed by atoms with van der Waals surface area (Å²) in [7, 11) is 1.45. The molecule has 0 radical (unpaired) electrons. The molecule has 0 unspecified atom stereocenters. The second-order valence-corrected chi connectivity index (χ2v) is 8.29. The number of anilines is 1. The number of ether oxygens (including phenoxy) is 2. The summed E-state index contributed by atoms with van der Waals surface area (Å²) in [6.07, 6.45) is 1.51. The predicted octanol–water partition coefficient (Wildman–Crippen LogP) is 2.85. The van der Waals surface area contributed by atoms with Crippen LogP contribution in [0.3, 0.4) is 0 Å². The van der Waals surface area contributed by atoms with Gasteiger partial charge in [-0.05, 0) is 66.6 Å². The predicted molar refractivity (Wildman–Crippen MR) is 125 cm³/mol. The summed E-state index contributed by atoms with van der Waals surface area (Å²) >= 11 is 0.719. The van der Waals surface area contributed by atoms with Crippen LogP contribution in [-0.2, 0) is 14.4 Å². The molecule has 0 aromatic heterocycles. The highest BCUT2D eigenvalue weighted by Gasteiger charge is 2.35. The Labute approximate surface area is 194 Å². The number of rotatable bonds is 8. The minimum absolute atomic E-state index is 0.157. The normalized spacial score (nSPS) is 14.5. The van der Waals surface area contributed by atoms with Crippen molar-refractivity contribution in [3.8, 4) is 11.5 Å². The van der Waals surface area contributed by atoms with Crippen LogP contribution in [0.25, 0.3) is 6.08 Å². The highest BCUT2D eigenvalue weighted by molar-refractivity contribution is 8.18. The summed E-state index contributed by atoms with van der Waals surface area (Å²) in [4.78, 5) is 48.7. The first-order valence-corrected chi connectivity index (χ1v) is 10.7. The van der Waals surface area contributed by atoms with Crippen molar-refractivity contribution >= 4 is 46.5 Å². The van der Waals surface area contributed by atoms with Gasteiger partial charge in [0.2, 0.25) is 5.91 Å². The Morgan fingerprint density at radius 1 is 1.12 bits per heavy atom. The molecular weight excluding hydrogens is 446 g/mol. The summed E-state index contributed by atoms with van der Waals surface area (Å²) in [5.74, 6) is -1.00. The third-order valence-corrected chi connectivity index (χ3v) is 5.61. The summed E-state index contributed by atoms with van der Waals surface area (Å²) in [6.45, 7) is 3.15. The van der Waals surface area contributed by atoms with Gasteiger partial charge in [0.15, 0.2) is 18.1 Å². The molecule has 9 nitrogen and oxygen atoms in total. The first-order chi connectivity index (χ1) is 15.7. The number of carbonyl (C=O) groups is 4. The quantitative estimate of drug-likeness (QED) is 0.569. The van der Waals surface area contributed by atoms with Gasteiger partial charge < -0.3 is 20.5 Å². The van der Waals surface area contributed by atoms with Crippen molar-refractivity contribution in [3.63, 3.8) is 0 Å². The number of nitrogens with one attached hydrogen (secondary N) is 1. The third kappa shape index (κ3) is 5.92. The molecule has 0 saturated carbocycles. The molecule has 4 amide bonds. The van der Waals surface area contributed by atoms with Crippen LogP contribution in [0, 0.1) is 13.8 Å². The molecule has 2 aromatic rings. The lowest BCUT2D eigenvalue weighted by atomic mass is 10.1. The Morgan fingerprint density at radius 3 is 2.58 bits per heavy atom. The van der Waals surface area contributed by atoms with Gasteiger partial charge in [0.25, 0.3) is 17.1 Å². The molecule has 0 atom stereocenters. The first kappa shape index (κ1) is 23.9. The molecule has 2 aromatic carbocycles. The number of benzene rings is 2. The van der Waals surface area contributed by atoms with Gasteiger partial charge in [-0.25, -0.2) is 0 Å². The number of hydrogen-bond donors (Lipinski definition) is 2. The van der Waals surface area contributed by atoms with Crippen LogP contribution in [0.4, 0.5) is 10.5 Å². The third-order valence-electron chi connectivity index (χ3n) is 4.70. The van der Waals surface area contributed by atoms with Gasteiger partial charge in [-0.1, -0.05) is 18.2 Å². The largest absolute Gasteiger partial charge is 0.493 e. The van der Waals surface area contributed by atoms with Crippen LogP contribution in [0.5, 0.6) is 11.5 Å². The molecule has 1 heterocycles. The van der Waals surface area contributed by atoms with Gasteiger partial charge in [0.05, 0.1) is 12.0 Å². The lowest BCUT2D eigenvalue weighted by molar-refractivity contribution is -0.127. The monoisotopic (exact) mass is 469 g/mol. The van der Waals surface area contributed by atoms with E-state index in [0.717, 1.165) is 33.5 Å². The molecule has 1 saturated heterocycles. The fourth-order valence-electron chi connectivity index (χ4n) is 3.04. The highest BCUT2D eigenvalue weighted by atomic mass is 32.2. The number of nitrogens with two attached hydrogens (primary N) is 1. The fourth-order valence-corrected chi connectivity index (χ4v) is 3.88. The van der Waals surface area contributed by atoms with Gasteiger partial charge in [0, 0.05) is 5.69 Å². The lowest BCUT2D eigenvalue weighted by Crippen LogP contribution is -2.36.